The first-order chi connectivity index (χ1) is 12.7. The zero-order valence-electron chi connectivity index (χ0n) is 15.6. The highest BCUT2D eigenvalue weighted by Crippen LogP contribution is 2.11. The molecule has 0 bridgehead atoms. The maximum atomic E-state index is 12.3. The molecule has 0 aliphatic rings. The Hall–Kier alpha value is -3.10. The van der Waals surface area contributed by atoms with Crippen LogP contribution in [0.1, 0.15) is 20.3 Å². The van der Waals surface area contributed by atoms with Crippen molar-refractivity contribution in [2.75, 3.05) is 6.54 Å². The summed E-state index contributed by atoms with van der Waals surface area (Å²) >= 11 is 0. The van der Waals surface area contributed by atoms with Crippen LogP contribution in [-0.4, -0.2) is 44.6 Å². The van der Waals surface area contributed by atoms with Crippen LogP contribution in [0.5, 0.6) is 0 Å². The number of para-hydroxylation sites is 2. The number of nitrogens with zero attached hydrogens (tertiary/aromatic N) is 2. The molecule has 0 aliphatic carbocycles. The summed E-state index contributed by atoms with van der Waals surface area (Å²) in [7, 11) is 1.62. The Balaban J connectivity index is 1.97. The second-order valence-electron chi connectivity index (χ2n) is 6.78. The van der Waals surface area contributed by atoms with Crippen LogP contribution in [0.4, 0.5) is 0 Å². The highest BCUT2D eigenvalue weighted by molar-refractivity contribution is 5.88. The minimum atomic E-state index is -1.12. The number of aromatic nitrogens is 2. The van der Waals surface area contributed by atoms with Crippen molar-refractivity contribution >= 4 is 28.8 Å². The van der Waals surface area contributed by atoms with Crippen molar-refractivity contribution in [3.05, 3.63) is 34.7 Å². The third-order valence-corrected chi connectivity index (χ3v) is 4.14. The molecule has 0 radical (unpaired) electrons. The van der Waals surface area contributed by atoms with E-state index < -0.39 is 23.8 Å². The number of aliphatic carboxylic acids is 1. The average Bonchev–Trinajstić information content (AvgIpc) is 2.84. The van der Waals surface area contributed by atoms with E-state index in [4.69, 9.17) is 5.11 Å². The molecule has 0 spiro atoms. The lowest BCUT2D eigenvalue weighted by molar-refractivity contribution is -0.142. The molecule has 3 N–H and O–H groups in total. The number of carboxylic acids is 1. The summed E-state index contributed by atoms with van der Waals surface area (Å²) in [4.78, 5) is 47.5. The fourth-order valence-electron chi connectivity index (χ4n) is 2.83. The molecule has 1 heterocycles. The third kappa shape index (κ3) is 4.96. The van der Waals surface area contributed by atoms with Gasteiger partial charge in [0.2, 0.25) is 11.8 Å². The Labute approximate surface area is 156 Å². The fourth-order valence-corrected chi connectivity index (χ4v) is 2.83. The molecule has 2 aromatic rings. The lowest BCUT2D eigenvalue weighted by Crippen LogP contribution is -2.46. The number of hydrogen-bond acceptors (Lipinski definition) is 4. The van der Waals surface area contributed by atoms with Gasteiger partial charge in [-0.1, -0.05) is 26.0 Å². The molecule has 0 unspecified atom stereocenters. The molecular weight excluding hydrogens is 352 g/mol. The lowest BCUT2D eigenvalue weighted by atomic mass is 10.0. The Kier molecular flexibility index (Phi) is 6.38. The van der Waals surface area contributed by atoms with Gasteiger partial charge in [-0.25, -0.2) is 9.59 Å². The topological polar surface area (TPSA) is 122 Å². The van der Waals surface area contributed by atoms with E-state index in [1.54, 1.807) is 31.3 Å². The molecule has 1 aromatic heterocycles. The van der Waals surface area contributed by atoms with Gasteiger partial charge in [0.15, 0.2) is 0 Å². The van der Waals surface area contributed by atoms with Gasteiger partial charge in [0.25, 0.3) is 0 Å². The number of rotatable bonds is 8. The molecule has 1 aromatic carbocycles. The van der Waals surface area contributed by atoms with Gasteiger partial charge >= 0.3 is 11.7 Å². The van der Waals surface area contributed by atoms with Gasteiger partial charge in [-0.2, -0.15) is 0 Å². The summed E-state index contributed by atoms with van der Waals surface area (Å²) < 4.78 is 2.76. The van der Waals surface area contributed by atoms with E-state index in [-0.39, 0.29) is 24.7 Å². The number of fused-ring (bicyclic) bond motifs is 1. The van der Waals surface area contributed by atoms with Crippen molar-refractivity contribution in [1.29, 1.82) is 0 Å². The number of carbonyl (C=O) groups excluding carboxylic acids is 2. The first-order valence-corrected chi connectivity index (χ1v) is 8.63. The summed E-state index contributed by atoms with van der Waals surface area (Å²) in [5.74, 6) is -2.13. The second-order valence-corrected chi connectivity index (χ2v) is 6.78. The molecule has 0 saturated heterocycles. The van der Waals surface area contributed by atoms with Crippen molar-refractivity contribution in [2.45, 2.75) is 32.9 Å². The number of carbonyl (C=O) groups is 3. The van der Waals surface area contributed by atoms with Crippen molar-refractivity contribution in [3.63, 3.8) is 0 Å². The number of benzene rings is 1. The fraction of sp³-hybridized carbons (Fsp3) is 0.444. The van der Waals surface area contributed by atoms with E-state index in [0.717, 1.165) is 0 Å². The molecule has 0 aliphatic heterocycles. The van der Waals surface area contributed by atoms with Crippen LogP contribution in [0.3, 0.4) is 0 Å². The summed E-state index contributed by atoms with van der Waals surface area (Å²) in [6.07, 6.45) is 0.292. The number of hydrogen-bond donors (Lipinski definition) is 3. The van der Waals surface area contributed by atoms with E-state index in [0.29, 0.717) is 17.5 Å². The van der Waals surface area contributed by atoms with Gasteiger partial charge in [-0.3, -0.25) is 18.7 Å². The summed E-state index contributed by atoms with van der Waals surface area (Å²) in [6, 6.07) is 6.08. The summed E-state index contributed by atoms with van der Waals surface area (Å²) in [5, 5.41) is 13.9. The minimum Gasteiger partial charge on any atom is -0.480 e. The quantitative estimate of drug-likeness (QED) is 0.602. The standard InChI is InChI=1S/C18H24N4O5/c1-11(2)8-12(17(25)26)20-15(23)9-19-16(24)10-22-14-7-5-4-6-13(14)21(3)18(22)27/h4-7,11-12H,8-10H2,1-3H3,(H,19,24)(H,20,23)(H,25,26)/t12-/m0/s1. The highest BCUT2D eigenvalue weighted by Gasteiger charge is 2.21. The van der Waals surface area contributed by atoms with E-state index in [2.05, 4.69) is 10.6 Å². The SMILES string of the molecule is CC(C)C[C@H](NC(=O)CNC(=O)Cn1c(=O)n(C)c2ccccc21)C(=O)O. The zero-order valence-corrected chi connectivity index (χ0v) is 15.6. The van der Waals surface area contributed by atoms with Gasteiger partial charge in [-0.05, 0) is 24.5 Å². The molecule has 2 amide bonds. The van der Waals surface area contributed by atoms with Crippen molar-refractivity contribution in [1.82, 2.24) is 19.8 Å². The molecule has 9 nitrogen and oxygen atoms in total. The Morgan fingerprint density at radius 3 is 2.33 bits per heavy atom. The van der Waals surface area contributed by atoms with Crippen molar-refractivity contribution in [3.8, 4) is 0 Å². The molecule has 2 rings (SSSR count). The van der Waals surface area contributed by atoms with Crippen LogP contribution < -0.4 is 16.3 Å². The second kappa shape index (κ2) is 8.52. The predicted octanol–water partition coefficient (Wildman–Crippen LogP) is 0.0717. The molecular formula is C18H24N4O5. The maximum Gasteiger partial charge on any atom is 0.329 e. The number of amides is 2. The predicted molar refractivity (Wildman–Crippen MR) is 99.2 cm³/mol. The number of carboxylic acid groups (broad SMARTS) is 1. The largest absolute Gasteiger partial charge is 0.480 e. The van der Waals surface area contributed by atoms with Gasteiger partial charge in [0.05, 0.1) is 17.6 Å². The third-order valence-electron chi connectivity index (χ3n) is 4.14. The molecule has 27 heavy (non-hydrogen) atoms. The minimum absolute atomic E-state index is 0.0965. The van der Waals surface area contributed by atoms with Crippen molar-refractivity contribution < 1.29 is 19.5 Å². The average molecular weight is 376 g/mol. The van der Waals surface area contributed by atoms with Crippen LogP contribution in [0.15, 0.2) is 29.1 Å². The summed E-state index contributed by atoms with van der Waals surface area (Å²) in [5.41, 5.74) is 0.984. The van der Waals surface area contributed by atoms with E-state index in [1.807, 2.05) is 13.8 Å². The van der Waals surface area contributed by atoms with Crippen LogP contribution in [0.25, 0.3) is 11.0 Å². The van der Waals surface area contributed by atoms with Crippen LogP contribution in [0.2, 0.25) is 0 Å². The van der Waals surface area contributed by atoms with Crippen molar-refractivity contribution in [2.24, 2.45) is 13.0 Å². The monoisotopic (exact) mass is 376 g/mol. The summed E-state index contributed by atoms with van der Waals surface area (Å²) in [6.45, 7) is 3.11. The van der Waals surface area contributed by atoms with Crippen LogP contribution in [0, 0.1) is 5.92 Å². The van der Waals surface area contributed by atoms with Crippen LogP contribution >= 0.6 is 0 Å². The van der Waals surface area contributed by atoms with E-state index in [9.17, 15) is 19.2 Å². The maximum absolute atomic E-state index is 12.3. The van der Waals surface area contributed by atoms with Crippen LogP contribution in [-0.2, 0) is 28.0 Å². The van der Waals surface area contributed by atoms with E-state index in [1.165, 1.54) is 9.13 Å². The van der Waals surface area contributed by atoms with Gasteiger partial charge in [0, 0.05) is 7.05 Å². The van der Waals surface area contributed by atoms with E-state index >= 15 is 0 Å². The molecule has 1 atom stereocenters. The lowest BCUT2D eigenvalue weighted by Gasteiger charge is -2.16. The highest BCUT2D eigenvalue weighted by atomic mass is 16.4. The Morgan fingerprint density at radius 1 is 1.11 bits per heavy atom. The molecule has 146 valence electrons. The normalized spacial score (nSPS) is 12.1. The Bertz CT molecular complexity index is 912. The number of imidazole rings is 1. The number of nitrogens with one attached hydrogen (secondary N) is 2. The smallest absolute Gasteiger partial charge is 0.329 e. The van der Waals surface area contributed by atoms with Gasteiger partial charge in [-0.15, -0.1) is 0 Å². The Morgan fingerprint density at radius 2 is 1.74 bits per heavy atom. The van der Waals surface area contributed by atoms with Gasteiger partial charge in [0.1, 0.15) is 12.6 Å². The van der Waals surface area contributed by atoms with Gasteiger partial charge < -0.3 is 15.7 Å². The first-order valence-electron chi connectivity index (χ1n) is 8.63. The number of aryl methyl sites for hydroxylation is 1. The molecule has 0 saturated carbocycles. The first kappa shape index (κ1) is 20.2. The molecule has 9 heteroatoms. The molecule has 0 fully saturated rings. The zero-order chi connectivity index (χ0) is 20.1.